The zero-order valence-electron chi connectivity index (χ0n) is 3.28. The average Bonchev–Trinajstić information content (AvgIpc) is 1.30. The first-order chi connectivity index (χ1) is 2.39. The van der Waals surface area contributed by atoms with Crippen molar-refractivity contribution < 1.29 is 0 Å². The van der Waals surface area contributed by atoms with Crippen molar-refractivity contribution in [2.75, 3.05) is 0 Å². The Morgan fingerprint density at radius 2 is 1.80 bits per heavy atom. The van der Waals surface area contributed by atoms with Gasteiger partial charge in [-0.25, -0.2) is 0 Å². The van der Waals surface area contributed by atoms with Crippen LogP contribution in [0.3, 0.4) is 0 Å². The van der Waals surface area contributed by atoms with Crippen molar-refractivity contribution >= 4 is 33.7 Å². The van der Waals surface area contributed by atoms with Gasteiger partial charge in [0.25, 0.3) is 0 Å². The van der Waals surface area contributed by atoms with Gasteiger partial charge in [0, 0.05) is 17.1 Å². The molecule has 0 bridgehead atoms. The van der Waals surface area contributed by atoms with Crippen molar-refractivity contribution in [2.24, 2.45) is 5.40 Å². The lowest BCUT2D eigenvalue weighted by molar-refractivity contribution is 1.95. The smallest absolute Gasteiger partial charge is 0.0672 e. The van der Waals surface area contributed by atoms with Gasteiger partial charge in [-0.1, -0.05) is 0 Å². The second kappa shape index (κ2) is 1.52. The van der Waals surface area contributed by atoms with Gasteiger partial charge >= 0.3 is 0 Å². The maximum Gasteiger partial charge on any atom is 0.0672 e. The molecule has 0 aromatic rings. The van der Waals surface area contributed by atoms with E-state index in [0.29, 0.717) is 17.1 Å². The molecule has 0 aromatic heterocycles. The standard InChI is InChI=1S/H9NSi4/c1-5-3-2-4-5/h5H,1-4H2. The topological polar surface area (TPSA) is 26.0 Å². The summed E-state index contributed by atoms with van der Waals surface area (Å²) in [5.74, 6) is 0. The molecule has 0 spiro atoms. The van der Waals surface area contributed by atoms with Crippen LogP contribution in [0.4, 0.5) is 0 Å². The van der Waals surface area contributed by atoms with Crippen LogP contribution in [0.5, 0.6) is 0 Å². The molecule has 0 aliphatic carbocycles. The highest BCUT2D eigenvalue weighted by Crippen LogP contribution is 1.72. The molecule has 30 valence electrons. The van der Waals surface area contributed by atoms with Gasteiger partial charge in [0.15, 0.2) is 0 Å². The largest absolute Gasteiger partial charge is 0.358 e. The molecule has 1 saturated heterocycles. The van der Waals surface area contributed by atoms with Crippen molar-refractivity contribution in [1.82, 2.24) is 0 Å². The van der Waals surface area contributed by atoms with E-state index in [1.807, 2.05) is 0 Å². The Labute approximate surface area is 39.6 Å². The van der Waals surface area contributed by atoms with Gasteiger partial charge < -0.3 is 5.40 Å². The molecule has 1 fully saturated rings. The quantitative estimate of drug-likeness (QED) is 0.337. The highest BCUT2D eigenvalue weighted by atomic mass is 30.1. The Morgan fingerprint density at radius 3 is 1.80 bits per heavy atom. The zero-order valence-corrected chi connectivity index (χ0v) is 8.67. The number of nitrogens with two attached hydrogens (primary N) is 1. The van der Waals surface area contributed by atoms with E-state index in [9.17, 15) is 0 Å². The third kappa shape index (κ3) is 0.828. The van der Waals surface area contributed by atoms with E-state index in [0.717, 1.165) is 8.55 Å². The fourth-order valence-electron chi connectivity index (χ4n) is 0.440. The summed E-state index contributed by atoms with van der Waals surface area (Å²) >= 11 is 0. The molecule has 0 saturated carbocycles. The maximum absolute atomic E-state index is 5.68. The predicted octanol–water partition coefficient (Wildman–Crippen LogP) is -3.99. The maximum atomic E-state index is 5.68. The van der Waals surface area contributed by atoms with Crippen LogP contribution in [0, 0.1) is 0 Å². The summed E-state index contributed by atoms with van der Waals surface area (Å²) in [5.41, 5.74) is 0. The van der Waals surface area contributed by atoms with Crippen LogP contribution in [0.2, 0.25) is 0 Å². The van der Waals surface area contributed by atoms with E-state index >= 15 is 0 Å². The van der Waals surface area contributed by atoms with E-state index in [2.05, 4.69) is 0 Å². The Balaban J connectivity index is 2.08. The molecule has 0 radical (unpaired) electrons. The zero-order chi connectivity index (χ0) is 3.70. The van der Waals surface area contributed by atoms with Gasteiger partial charge in [0.2, 0.25) is 0 Å². The highest BCUT2D eigenvalue weighted by Gasteiger charge is 2.14. The fraction of sp³-hybridized carbons (Fsp3) is 0. The molecule has 1 heterocycles. The molecule has 0 atom stereocenters. The first kappa shape index (κ1) is 4.00. The molecule has 1 aliphatic rings. The summed E-state index contributed by atoms with van der Waals surface area (Å²) in [7, 11) is 1.94. The number of rotatable bonds is 0. The molecule has 0 amide bonds. The summed E-state index contributed by atoms with van der Waals surface area (Å²) < 4.78 is 0. The Kier molecular flexibility index (Phi) is 1.21. The van der Waals surface area contributed by atoms with Crippen molar-refractivity contribution in [3.8, 4) is 0 Å². The first-order valence-electron chi connectivity index (χ1n) is 2.15. The minimum Gasteiger partial charge on any atom is -0.358 e. The molecule has 1 rings (SSSR count). The van der Waals surface area contributed by atoms with Crippen LogP contribution in [0.1, 0.15) is 0 Å². The van der Waals surface area contributed by atoms with E-state index in [-0.39, 0.29) is 7.99 Å². The lowest BCUT2D eigenvalue weighted by Gasteiger charge is -2.14. The van der Waals surface area contributed by atoms with Crippen molar-refractivity contribution in [3.63, 3.8) is 0 Å². The van der Waals surface area contributed by atoms with E-state index < -0.39 is 0 Å². The van der Waals surface area contributed by atoms with E-state index in [4.69, 9.17) is 5.40 Å². The van der Waals surface area contributed by atoms with Crippen LogP contribution in [0.25, 0.3) is 0 Å². The molecule has 5 heavy (non-hydrogen) atoms. The monoisotopic (exact) mass is 135 g/mol. The van der Waals surface area contributed by atoms with Gasteiger partial charge in [-0.05, 0) is 8.55 Å². The number of hydrogen-bond donors (Lipinski definition) is 1. The summed E-state index contributed by atoms with van der Waals surface area (Å²) in [4.78, 5) is 0. The third-order valence-electron chi connectivity index (χ3n) is 1.15. The fourth-order valence-corrected chi connectivity index (χ4v) is 35.6. The first-order valence-corrected chi connectivity index (χ1v) is 17.3. The van der Waals surface area contributed by atoms with Crippen LogP contribution >= 0.6 is 0 Å². The van der Waals surface area contributed by atoms with Crippen molar-refractivity contribution in [2.45, 2.75) is 0 Å². The molecular weight excluding hydrogens is 126 g/mol. The highest BCUT2D eigenvalue weighted by molar-refractivity contribution is 7.80. The normalized spacial score (nSPS) is 51.0. The van der Waals surface area contributed by atoms with E-state index in [1.54, 1.807) is 0 Å². The van der Waals surface area contributed by atoms with Gasteiger partial charge in [0.1, 0.15) is 0 Å². The molecule has 5 heteroatoms. The Hall–Kier alpha value is 0.828. The summed E-state index contributed by atoms with van der Waals surface area (Å²) in [6.45, 7) is 0. The van der Waals surface area contributed by atoms with Crippen molar-refractivity contribution in [1.29, 1.82) is 0 Å². The Morgan fingerprint density at radius 1 is 1.40 bits per heavy atom. The molecule has 1 aliphatic heterocycles. The average molecular weight is 135 g/mol. The predicted molar refractivity (Wildman–Crippen MR) is 37.0 cm³/mol. The second-order valence-electron chi connectivity index (χ2n) is 1.69. The van der Waals surface area contributed by atoms with Gasteiger partial charge in [-0.3, -0.25) is 0 Å². The SMILES string of the molecule is N[SiH]1[SiH2][SiH2][SiH2]1. The molecule has 2 N–H and O–H groups in total. The lowest BCUT2D eigenvalue weighted by Crippen LogP contribution is -2.58. The Bertz CT molecular complexity index is 30.6. The minimum atomic E-state index is -0.130. The van der Waals surface area contributed by atoms with Crippen LogP contribution in [-0.2, 0) is 0 Å². The molecule has 1 nitrogen and oxygen atoms in total. The van der Waals surface area contributed by atoms with Crippen LogP contribution in [-0.4, -0.2) is 33.7 Å². The van der Waals surface area contributed by atoms with Gasteiger partial charge in [0.05, 0.1) is 7.99 Å². The van der Waals surface area contributed by atoms with Crippen LogP contribution < -0.4 is 5.40 Å². The minimum absolute atomic E-state index is 0.130. The van der Waals surface area contributed by atoms with Gasteiger partial charge in [-0.15, -0.1) is 0 Å². The second-order valence-corrected chi connectivity index (χ2v) is 37.2. The summed E-state index contributed by atoms with van der Waals surface area (Å²) in [6.07, 6.45) is 0. The summed E-state index contributed by atoms with van der Waals surface area (Å²) in [6, 6.07) is 0. The van der Waals surface area contributed by atoms with Crippen molar-refractivity contribution in [3.05, 3.63) is 0 Å². The molecular formula is H9NSi4. The lowest BCUT2D eigenvalue weighted by atomic mass is 13.9. The van der Waals surface area contributed by atoms with Gasteiger partial charge in [-0.2, -0.15) is 0 Å². The number of hydrogen-bond acceptors (Lipinski definition) is 1. The molecule has 0 aromatic carbocycles. The van der Waals surface area contributed by atoms with Crippen LogP contribution in [0.15, 0.2) is 0 Å². The van der Waals surface area contributed by atoms with E-state index in [1.165, 1.54) is 0 Å². The summed E-state index contributed by atoms with van der Waals surface area (Å²) in [5, 5.41) is 5.68. The third-order valence-corrected chi connectivity index (χ3v) is 75.1. The molecule has 0 unspecified atom stereocenters.